The first-order valence-corrected chi connectivity index (χ1v) is 7.17. The van der Waals surface area contributed by atoms with E-state index in [-0.39, 0.29) is 5.91 Å². The first kappa shape index (κ1) is 12.6. The van der Waals surface area contributed by atoms with Gasteiger partial charge in [-0.3, -0.25) is 9.78 Å². The Labute approximate surface area is 114 Å². The fourth-order valence-corrected chi connectivity index (χ4v) is 2.98. The monoisotopic (exact) mass is 259 g/mol. The molecular weight excluding hydrogens is 238 g/mol. The first-order chi connectivity index (χ1) is 9.15. The smallest absolute Gasteiger partial charge is 0.256 e. The zero-order valence-corrected chi connectivity index (χ0v) is 11.6. The van der Waals surface area contributed by atoms with Gasteiger partial charge in [-0.25, -0.2) is 0 Å². The molecule has 0 aliphatic carbocycles. The van der Waals surface area contributed by atoms with E-state index in [1.54, 1.807) is 0 Å². The fourth-order valence-electron chi connectivity index (χ4n) is 2.98. The molecule has 2 aliphatic heterocycles. The number of fused-ring (bicyclic) bond motifs is 1. The van der Waals surface area contributed by atoms with Crippen LogP contribution in [0.15, 0.2) is 12.1 Å². The highest BCUT2D eigenvalue weighted by atomic mass is 16.2. The summed E-state index contributed by atoms with van der Waals surface area (Å²) in [7, 11) is 0. The van der Waals surface area contributed by atoms with Crippen LogP contribution in [-0.4, -0.2) is 28.9 Å². The van der Waals surface area contributed by atoms with Gasteiger partial charge in [0.1, 0.15) is 0 Å². The Morgan fingerprint density at radius 2 is 2.32 bits per heavy atom. The van der Waals surface area contributed by atoms with Gasteiger partial charge in [0.15, 0.2) is 0 Å². The Morgan fingerprint density at radius 1 is 1.47 bits per heavy atom. The van der Waals surface area contributed by atoms with Gasteiger partial charge in [0.25, 0.3) is 5.91 Å². The Hall–Kier alpha value is -1.42. The van der Waals surface area contributed by atoms with Crippen molar-refractivity contribution in [2.45, 2.75) is 39.3 Å². The van der Waals surface area contributed by atoms with Gasteiger partial charge < -0.3 is 10.2 Å². The minimum atomic E-state index is 0.141. The van der Waals surface area contributed by atoms with Gasteiger partial charge in [-0.05, 0) is 37.4 Å². The third-order valence-corrected chi connectivity index (χ3v) is 3.86. The molecular formula is C15H21N3O. The number of aromatic nitrogens is 1. The molecule has 1 N–H and O–H groups in total. The maximum atomic E-state index is 12.2. The van der Waals surface area contributed by atoms with Crippen molar-refractivity contribution < 1.29 is 4.79 Å². The van der Waals surface area contributed by atoms with E-state index in [2.05, 4.69) is 19.2 Å². The Bertz CT molecular complexity index is 492. The number of hydrogen-bond acceptors (Lipinski definition) is 3. The number of amides is 1. The second kappa shape index (κ2) is 4.93. The molecule has 0 radical (unpaired) electrons. The van der Waals surface area contributed by atoms with E-state index in [4.69, 9.17) is 4.98 Å². The maximum Gasteiger partial charge on any atom is 0.256 e. The van der Waals surface area contributed by atoms with E-state index in [0.29, 0.717) is 18.5 Å². The van der Waals surface area contributed by atoms with Crippen LogP contribution in [0, 0.1) is 5.92 Å². The van der Waals surface area contributed by atoms with Crippen molar-refractivity contribution in [3.8, 4) is 0 Å². The van der Waals surface area contributed by atoms with Crippen LogP contribution < -0.4 is 5.32 Å². The van der Waals surface area contributed by atoms with Crippen LogP contribution in [0.3, 0.4) is 0 Å². The molecule has 4 heteroatoms. The molecule has 1 saturated heterocycles. The normalized spacial score (nSPS) is 22.4. The van der Waals surface area contributed by atoms with Crippen LogP contribution in [0.25, 0.3) is 0 Å². The van der Waals surface area contributed by atoms with Crippen molar-refractivity contribution in [2.75, 3.05) is 13.1 Å². The van der Waals surface area contributed by atoms with Gasteiger partial charge >= 0.3 is 0 Å². The van der Waals surface area contributed by atoms with Gasteiger partial charge in [-0.2, -0.15) is 0 Å². The Kier molecular flexibility index (Phi) is 3.27. The molecule has 1 aromatic heterocycles. The molecule has 102 valence electrons. The molecule has 1 aromatic rings. The van der Waals surface area contributed by atoms with E-state index in [9.17, 15) is 4.79 Å². The molecule has 0 unspecified atom stereocenters. The molecule has 1 atom stereocenters. The summed E-state index contributed by atoms with van der Waals surface area (Å²) in [6, 6.07) is 4.35. The van der Waals surface area contributed by atoms with Gasteiger partial charge in [-0.15, -0.1) is 0 Å². The van der Waals surface area contributed by atoms with Crippen LogP contribution in [0.5, 0.6) is 0 Å². The van der Waals surface area contributed by atoms with E-state index in [1.807, 2.05) is 17.0 Å². The largest absolute Gasteiger partial charge is 0.332 e. The minimum absolute atomic E-state index is 0.141. The number of hydrogen-bond donors (Lipinski definition) is 1. The molecule has 0 aromatic carbocycles. The number of nitrogens with one attached hydrogen (secondary N) is 1. The highest BCUT2D eigenvalue weighted by Gasteiger charge is 2.30. The third-order valence-electron chi connectivity index (χ3n) is 3.86. The maximum absolute atomic E-state index is 12.2. The number of rotatable bonds is 3. The minimum Gasteiger partial charge on any atom is -0.332 e. The summed E-state index contributed by atoms with van der Waals surface area (Å²) in [6.07, 6.45) is 2.36. The summed E-state index contributed by atoms with van der Waals surface area (Å²) in [5.74, 6) is 0.636. The predicted octanol–water partition coefficient (Wildman–Crippen LogP) is 2.12. The van der Waals surface area contributed by atoms with Gasteiger partial charge in [-0.1, -0.05) is 13.8 Å². The van der Waals surface area contributed by atoms with Crippen molar-refractivity contribution in [2.24, 2.45) is 5.92 Å². The van der Waals surface area contributed by atoms with Gasteiger partial charge in [0.05, 0.1) is 23.5 Å². The number of carbonyl (C=O) groups is 1. The zero-order chi connectivity index (χ0) is 13.4. The molecule has 0 saturated carbocycles. The summed E-state index contributed by atoms with van der Waals surface area (Å²) < 4.78 is 0. The molecule has 2 aliphatic rings. The molecule has 0 spiro atoms. The first-order valence-electron chi connectivity index (χ1n) is 7.17. The van der Waals surface area contributed by atoms with Crippen LogP contribution in [0.4, 0.5) is 0 Å². The quantitative estimate of drug-likeness (QED) is 0.904. The van der Waals surface area contributed by atoms with Crippen molar-refractivity contribution in [1.82, 2.24) is 15.2 Å². The van der Waals surface area contributed by atoms with Crippen molar-refractivity contribution in [1.29, 1.82) is 0 Å². The standard InChI is InChI=1S/C15H21N3O/c1-10(2)8-18-9-14-11(15(18)19)5-6-13(17-14)12-4-3-7-16-12/h5-6,10,12,16H,3-4,7-9H2,1-2H3/t12-/m1/s1. The third kappa shape index (κ3) is 2.37. The molecule has 3 rings (SSSR count). The van der Waals surface area contributed by atoms with E-state index in [1.165, 1.54) is 6.42 Å². The van der Waals surface area contributed by atoms with Crippen LogP contribution >= 0.6 is 0 Å². The Morgan fingerprint density at radius 3 is 3.00 bits per heavy atom. The fraction of sp³-hybridized carbons (Fsp3) is 0.600. The summed E-state index contributed by atoms with van der Waals surface area (Å²) >= 11 is 0. The van der Waals surface area contributed by atoms with Crippen molar-refractivity contribution in [3.63, 3.8) is 0 Å². The van der Waals surface area contributed by atoms with E-state index >= 15 is 0 Å². The lowest BCUT2D eigenvalue weighted by atomic mass is 10.1. The van der Waals surface area contributed by atoms with Crippen LogP contribution in [-0.2, 0) is 6.54 Å². The lowest BCUT2D eigenvalue weighted by Crippen LogP contribution is -2.27. The van der Waals surface area contributed by atoms with Gasteiger partial charge in [0.2, 0.25) is 0 Å². The lowest BCUT2D eigenvalue weighted by molar-refractivity contribution is 0.0759. The SMILES string of the molecule is CC(C)CN1Cc2nc([C@H]3CCCN3)ccc2C1=O. The summed E-state index contributed by atoms with van der Waals surface area (Å²) in [5.41, 5.74) is 2.84. The van der Waals surface area contributed by atoms with Crippen molar-refractivity contribution >= 4 is 5.91 Å². The summed E-state index contributed by atoms with van der Waals surface area (Å²) in [6.45, 7) is 6.83. The average Bonchev–Trinajstić information content (AvgIpc) is 2.98. The second-order valence-corrected chi connectivity index (χ2v) is 5.96. The molecule has 1 fully saturated rings. The lowest BCUT2D eigenvalue weighted by Gasteiger charge is -2.17. The highest BCUT2D eigenvalue weighted by Crippen LogP contribution is 2.26. The molecule has 19 heavy (non-hydrogen) atoms. The van der Waals surface area contributed by atoms with E-state index in [0.717, 1.165) is 36.5 Å². The zero-order valence-electron chi connectivity index (χ0n) is 11.6. The average molecular weight is 259 g/mol. The van der Waals surface area contributed by atoms with Crippen LogP contribution in [0.1, 0.15) is 54.5 Å². The Balaban J connectivity index is 1.82. The molecule has 3 heterocycles. The molecule has 1 amide bonds. The van der Waals surface area contributed by atoms with Gasteiger partial charge in [0, 0.05) is 12.6 Å². The molecule has 4 nitrogen and oxygen atoms in total. The predicted molar refractivity (Wildman–Crippen MR) is 73.8 cm³/mol. The van der Waals surface area contributed by atoms with E-state index < -0.39 is 0 Å². The number of pyridine rings is 1. The number of nitrogens with zero attached hydrogens (tertiary/aromatic N) is 2. The summed E-state index contributed by atoms with van der Waals surface area (Å²) in [4.78, 5) is 18.9. The van der Waals surface area contributed by atoms with Crippen LogP contribution in [0.2, 0.25) is 0 Å². The second-order valence-electron chi connectivity index (χ2n) is 5.96. The number of carbonyl (C=O) groups excluding carboxylic acids is 1. The van der Waals surface area contributed by atoms with Crippen molar-refractivity contribution in [3.05, 3.63) is 29.1 Å². The molecule has 0 bridgehead atoms. The summed E-state index contributed by atoms with van der Waals surface area (Å²) in [5, 5.41) is 3.46. The topological polar surface area (TPSA) is 45.2 Å². The highest BCUT2D eigenvalue weighted by molar-refractivity contribution is 5.97.